The topological polar surface area (TPSA) is 89.1 Å². The molecule has 0 aliphatic rings. The number of fused-ring (bicyclic) bond motifs is 1. The largest absolute Gasteiger partial charge is 0.478 e. The highest BCUT2D eigenvalue weighted by molar-refractivity contribution is 6.00. The molecular formula is C15H11N3O2. The molecule has 0 amide bonds. The molecule has 20 heavy (non-hydrogen) atoms. The quantitative estimate of drug-likeness (QED) is 0.743. The molecule has 98 valence electrons. The van der Waals surface area contributed by atoms with Crippen LogP contribution in [0.2, 0.25) is 0 Å². The van der Waals surface area contributed by atoms with Crippen LogP contribution in [0.4, 0.5) is 5.82 Å². The molecule has 2 aromatic carbocycles. The number of carboxylic acids is 1. The van der Waals surface area contributed by atoms with Gasteiger partial charge in [-0.25, -0.2) is 14.8 Å². The number of aromatic nitrogens is 2. The van der Waals surface area contributed by atoms with E-state index in [0.717, 1.165) is 16.3 Å². The van der Waals surface area contributed by atoms with E-state index in [4.69, 9.17) is 10.8 Å². The van der Waals surface area contributed by atoms with Gasteiger partial charge in [-0.3, -0.25) is 0 Å². The Bertz CT molecular complexity index is 815. The van der Waals surface area contributed by atoms with E-state index in [-0.39, 0.29) is 5.56 Å². The summed E-state index contributed by atoms with van der Waals surface area (Å²) < 4.78 is 0. The number of aromatic carboxylic acids is 1. The molecule has 3 aromatic rings. The van der Waals surface area contributed by atoms with Gasteiger partial charge in [0.15, 0.2) is 0 Å². The molecule has 5 nitrogen and oxygen atoms in total. The van der Waals surface area contributed by atoms with E-state index in [2.05, 4.69) is 9.97 Å². The van der Waals surface area contributed by atoms with Gasteiger partial charge in [-0.2, -0.15) is 0 Å². The second-order valence-corrected chi connectivity index (χ2v) is 4.37. The van der Waals surface area contributed by atoms with Crippen LogP contribution in [-0.4, -0.2) is 21.0 Å². The number of hydrogen-bond donors (Lipinski definition) is 2. The smallest absolute Gasteiger partial charge is 0.335 e. The van der Waals surface area contributed by atoms with E-state index < -0.39 is 5.97 Å². The standard InChI is InChI=1S/C15H11N3O2/c16-14-7-13(17-8-18-14)12-3-1-2-9-6-10(15(19)20)4-5-11(9)12/h1-8H,(H,19,20)(H2,16,17,18). The van der Waals surface area contributed by atoms with Crippen molar-refractivity contribution in [2.45, 2.75) is 0 Å². The van der Waals surface area contributed by atoms with Gasteiger partial charge in [0.25, 0.3) is 0 Å². The number of rotatable bonds is 2. The fourth-order valence-corrected chi connectivity index (χ4v) is 2.16. The Morgan fingerprint density at radius 3 is 2.70 bits per heavy atom. The molecule has 0 saturated carbocycles. The molecule has 0 unspecified atom stereocenters. The van der Waals surface area contributed by atoms with Crippen molar-refractivity contribution in [1.29, 1.82) is 0 Å². The fourth-order valence-electron chi connectivity index (χ4n) is 2.16. The van der Waals surface area contributed by atoms with Gasteiger partial charge in [0.1, 0.15) is 12.1 Å². The van der Waals surface area contributed by atoms with Crippen molar-refractivity contribution in [3.63, 3.8) is 0 Å². The third-order valence-corrected chi connectivity index (χ3v) is 3.09. The minimum Gasteiger partial charge on any atom is -0.478 e. The summed E-state index contributed by atoms with van der Waals surface area (Å²) in [6, 6.07) is 12.4. The summed E-state index contributed by atoms with van der Waals surface area (Å²) in [7, 11) is 0. The number of hydrogen-bond acceptors (Lipinski definition) is 4. The number of carbonyl (C=O) groups is 1. The van der Waals surface area contributed by atoms with Crippen molar-refractivity contribution in [3.8, 4) is 11.3 Å². The SMILES string of the molecule is Nc1cc(-c2cccc3cc(C(=O)O)ccc23)ncn1. The van der Waals surface area contributed by atoms with Crippen molar-refractivity contribution >= 4 is 22.6 Å². The number of nitrogens with zero attached hydrogens (tertiary/aromatic N) is 2. The van der Waals surface area contributed by atoms with Crippen molar-refractivity contribution < 1.29 is 9.90 Å². The fraction of sp³-hybridized carbons (Fsp3) is 0. The molecule has 3 N–H and O–H groups in total. The second-order valence-electron chi connectivity index (χ2n) is 4.37. The van der Waals surface area contributed by atoms with Gasteiger partial charge in [-0.05, 0) is 22.9 Å². The summed E-state index contributed by atoms with van der Waals surface area (Å²) in [4.78, 5) is 19.1. The zero-order valence-corrected chi connectivity index (χ0v) is 10.4. The Hall–Kier alpha value is -2.95. The molecule has 0 saturated heterocycles. The van der Waals surface area contributed by atoms with Crippen molar-refractivity contribution in [3.05, 3.63) is 54.4 Å². The molecule has 0 fully saturated rings. The summed E-state index contributed by atoms with van der Waals surface area (Å²) in [5.41, 5.74) is 7.55. The van der Waals surface area contributed by atoms with Gasteiger partial charge in [0.05, 0.1) is 11.3 Å². The molecule has 1 heterocycles. The average molecular weight is 265 g/mol. The Morgan fingerprint density at radius 1 is 1.10 bits per heavy atom. The predicted molar refractivity (Wildman–Crippen MR) is 76.3 cm³/mol. The summed E-state index contributed by atoms with van der Waals surface area (Å²) in [6.07, 6.45) is 1.41. The molecule has 5 heteroatoms. The molecule has 1 aromatic heterocycles. The summed E-state index contributed by atoms with van der Waals surface area (Å²) >= 11 is 0. The van der Waals surface area contributed by atoms with Crippen LogP contribution in [-0.2, 0) is 0 Å². The minimum atomic E-state index is -0.941. The Balaban J connectivity index is 2.24. The van der Waals surface area contributed by atoms with Crippen molar-refractivity contribution in [2.24, 2.45) is 0 Å². The highest BCUT2D eigenvalue weighted by Gasteiger charge is 2.08. The first-order valence-corrected chi connectivity index (χ1v) is 5.99. The van der Waals surface area contributed by atoms with E-state index in [1.165, 1.54) is 6.33 Å². The summed E-state index contributed by atoms with van der Waals surface area (Å²) in [5.74, 6) is -0.544. The Kier molecular flexibility index (Phi) is 2.80. The molecule has 0 aliphatic heterocycles. The first kappa shape index (κ1) is 12.1. The van der Waals surface area contributed by atoms with Crippen LogP contribution in [0.3, 0.4) is 0 Å². The number of carboxylic acid groups (broad SMARTS) is 1. The minimum absolute atomic E-state index is 0.261. The van der Waals surface area contributed by atoms with Crippen LogP contribution >= 0.6 is 0 Å². The van der Waals surface area contributed by atoms with Crippen LogP contribution < -0.4 is 5.73 Å². The Morgan fingerprint density at radius 2 is 1.95 bits per heavy atom. The number of nitrogens with two attached hydrogens (primary N) is 1. The van der Waals surface area contributed by atoms with Gasteiger partial charge in [0, 0.05) is 11.6 Å². The van der Waals surface area contributed by atoms with Crippen LogP contribution in [0.15, 0.2) is 48.8 Å². The summed E-state index contributed by atoms with van der Waals surface area (Å²) in [5, 5.41) is 10.8. The van der Waals surface area contributed by atoms with E-state index in [9.17, 15) is 4.79 Å². The van der Waals surface area contributed by atoms with E-state index >= 15 is 0 Å². The van der Waals surface area contributed by atoms with Gasteiger partial charge < -0.3 is 10.8 Å². The lowest BCUT2D eigenvalue weighted by Crippen LogP contribution is -1.96. The monoisotopic (exact) mass is 265 g/mol. The number of nitrogen functional groups attached to an aromatic ring is 1. The normalized spacial score (nSPS) is 10.6. The average Bonchev–Trinajstić information content (AvgIpc) is 2.46. The predicted octanol–water partition coefficient (Wildman–Crippen LogP) is 2.58. The molecule has 0 atom stereocenters. The third-order valence-electron chi connectivity index (χ3n) is 3.09. The number of anilines is 1. The highest BCUT2D eigenvalue weighted by atomic mass is 16.4. The third kappa shape index (κ3) is 2.05. The zero-order chi connectivity index (χ0) is 14.1. The van der Waals surface area contributed by atoms with Gasteiger partial charge in [0.2, 0.25) is 0 Å². The van der Waals surface area contributed by atoms with E-state index in [0.29, 0.717) is 11.5 Å². The maximum Gasteiger partial charge on any atom is 0.335 e. The maximum atomic E-state index is 11.0. The van der Waals surface area contributed by atoms with Crippen LogP contribution in [0.1, 0.15) is 10.4 Å². The highest BCUT2D eigenvalue weighted by Crippen LogP contribution is 2.28. The van der Waals surface area contributed by atoms with E-state index in [1.807, 2.05) is 18.2 Å². The Labute approximate surface area is 114 Å². The van der Waals surface area contributed by atoms with Crippen LogP contribution in [0, 0.1) is 0 Å². The first-order valence-electron chi connectivity index (χ1n) is 5.99. The molecular weight excluding hydrogens is 254 g/mol. The van der Waals surface area contributed by atoms with Crippen LogP contribution in [0.5, 0.6) is 0 Å². The van der Waals surface area contributed by atoms with Gasteiger partial charge in [-0.15, -0.1) is 0 Å². The van der Waals surface area contributed by atoms with Crippen molar-refractivity contribution in [2.75, 3.05) is 5.73 Å². The van der Waals surface area contributed by atoms with Crippen molar-refractivity contribution in [1.82, 2.24) is 9.97 Å². The molecule has 0 bridgehead atoms. The molecule has 0 aliphatic carbocycles. The first-order chi connectivity index (χ1) is 9.65. The lowest BCUT2D eigenvalue weighted by Gasteiger charge is -2.07. The second kappa shape index (κ2) is 4.62. The summed E-state index contributed by atoms with van der Waals surface area (Å²) in [6.45, 7) is 0. The van der Waals surface area contributed by atoms with Gasteiger partial charge in [-0.1, -0.05) is 24.3 Å². The number of benzene rings is 2. The lowest BCUT2D eigenvalue weighted by atomic mass is 10.00. The zero-order valence-electron chi connectivity index (χ0n) is 10.4. The lowest BCUT2D eigenvalue weighted by molar-refractivity contribution is 0.0697. The molecule has 0 radical (unpaired) electrons. The van der Waals surface area contributed by atoms with E-state index in [1.54, 1.807) is 24.3 Å². The molecule has 0 spiro atoms. The van der Waals surface area contributed by atoms with Crippen LogP contribution in [0.25, 0.3) is 22.0 Å². The maximum absolute atomic E-state index is 11.0. The van der Waals surface area contributed by atoms with Gasteiger partial charge >= 0.3 is 5.97 Å². The molecule has 3 rings (SSSR count).